The van der Waals surface area contributed by atoms with Crippen molar-refractivity contribution in [1.29, 1.82) is 0 Å². The summed E-state index contributed by atoms with van der Waals surface area (Å²) in [6.07, 6.45) is 0. The first-order chi connectivity index (χ1) is 7.02. The first kappa shape index (κ1) is 11.7. The quantitative estimate of drug-likeness (QED) is 0.656. The molecular formula is C10H11BrN2O2. The van der Waals surface area contributed by atoms with Gasteiger partial charge in [-0.2, -0.15) is 5.10 Å². The molecule has 0 fully saturated rings. The number of nitrogens with one attached hydrogen (secondary N) is 1. The average molecular weight is 271 g/mol. The minimum atomic E-state index is -1.04. The molecule has 80 valence electrons. The highest BCUT2D eigenvalue weighted by Crippen LogP contribution is 2.25. The van der Waals surface area contributed by atoms with E-state index in [1.165, 1.54) is 6.92 Å². The van der Waals surface area contributed by atoms with Crippen molar-refractivity contribution in [1.82, 2.24) is 0 Å². The Morgan fingerprint density at radius 2 is 2.20 bits per heavy atom. The van der Waals surface area contributed by atoms with E-state index in [9.17, 15) is 4.79 Å². The number of rotatable bonds is 3. The second-order valence-electron chi connectivity index (χ2n) is 3.05. The van der Waals surface area contributed by atoms with Crippen LogP contribution in [0, 0.1) is 6.92 Å². The molecule has 0 radical (unpaired) electrons. The summed E-state index contributed by atoms with van der Waals surface area (Å²) in [7, 11) is 0. The molecule has 15 heavy (non-hydrogen) atoms. The lowest BCUT2D eigenvalue weighted by Crippen LogP contribution is -2.10. The van der Waals surface area contributed by atoms with Crippen LogP contribution < -0.4 is 5.43 Å². The Labute approximate surface area is 96.1 Å². The van der Waals surface area contributed by atoms with Gasteiger partial charge in [-0.25, -0.2) is 4.79 Å². The van der Waals surface area contributed by atoms with Crippen LogP contribution in [-0.4, -0.2) is 16.8 Å². The van der Waals surface area contributed by atoms with Gasteiger partial charge in [0.15, 0.2) is 0 Å². The number of anilines is 1. The van der Waals surface area contributed by atoms with Gasteiger partial charge in [0.2, 0.25) is 0 Å². The summed E-state index contributed by atoms with van der Waals surface area (Å²) in [4.78, 5) is 10.5. The van der Waals surface area contributed by atoms with Crippen LogP contribution >= 0.6 is 15.9 Å². The molecule has 0 saturated carbocycles. The highest BCUT2D eigenvalue weighted by atomic mass is 79.9. The average Bonchev–Trinajstić information content (AvgIpc) is 2.19. The minimum absolute atomic E-state index is 0.0170. The monoisotopic (exact) mass is 270 g/mol. The summed E-state index contributed by atoms with van der Waals surface area (Å²) >= 11 is 3.39. The van der Waals surface area contributed by atoms with Gasteiger partial charge in [0.25, 0.3) is 0 Å². The molecule has 0 aliphatic rings. The van der Waals surface area contributed by atoms with Crippen molar-refractivity contribution in [3.8, 4) is 0 Å². The molecule has 0 atom stereocenters. The van der Waals surface area contributed by atoms with Gasteiger partial charge in [-0.05, 0) is 41.4 Å². The fraction of sp³-hybridized carbons (Fsp3) is 0.200. The third-order valence-corrected chi connectivity index (χ3v) is 2.90. The summed E-state index contributed by atoms with van der Waals surface area (Å²) in [6, 6.07) is 5.63. The normalized spacial score (nSPS) is 11.3. The van der Waals surface area contributed by atoms with E-state index in [2.05, 4.69) is 26.5 Å². The van der Waals surface area contributed by atoms with Gasteiger partial charge in [0.1, 0.15) is 5.71 Å². The lowest BCUT2D eigenvalue weighted by molar-refractivity contribution is -0.129. The molecule has 0 aromatic heterocycles. The summed E-state index contributed by atoms with van der Waals surface area (Å²) < 4.78 is 0.881. The zero-order valence-corrected chi connectivity index (χ0v) is 10.00. The van der Waals surface area contributed by atoms with E-state index >= 15 is 0 Å². The summed E-state index contributed by atoms with van der Waals surface area (Å²) in [5.74, 6) is -1.04. The molecule has 0 aliphatic carbocycles. The number of carboxylic acid groups (broad SMARTS) is 1. The largest absolute Gasteiger partial charge is 0.477 e. The molecule has 1 aromatic carbocycles. The first-order valence-corrected chi connectivity index (χ1v) is 5.10. The maximum absolute atomic E-state index is 10.5. The van der Waals surface area contributed by atoms with Crippen molar-refractivity contribution in [2.75, 3.05) is 5.43 Å². The van der Waals surface area contributed by atoms with E-state index in [0.717, 1.165) is 15.7 Å². The van der Waals surface area contributed by atoms with Crippen LogP contribution in [0.1, 0.15) is 12.5 Å². The maximum atomic E-state index is 10.5. The van der Waals surface area contributed by atoms with E-state index in [0.29, 0.717) is 0 Å². The highest BCUT2D eigenvalue weighted by Gasteiger charge is 2.03. The number of hydrogen-bond donors (Lipinski definition) is 2. The molecule has 0 amide bonds. The van der Waals surface area contributed by atoms with Crippen LogP contribution in [0.2, 0.25) is 0 Å². The van der Waals surface area contributed by atoms with Gasteiger partial charge in [-0.1, -0.05) is 12.1 Å². The molecule has 1 aromatic rings. The molecule has 2 N–H and O–H groups in total. The number of halogens is 1. The highest BCUT2D eigenvalue weighted by molar-refractivity contribution is 9.10. The maximum Gasteiger partial charge on any atom is 0.351 e. The van der Waals surface area contributed by atoms with Crippen molar-refractivity contribution in [3.05, 3.63) is 28.2 Å². The fourth-order valence-corrected chi connectivity index (χ4v) is 1.28. The standard InChI is InChI=1S/C10H11BrN2O2/c1-6-4-3-5-8(9(6)11)13-12-7(2)10(14)15/h3-5,13H,1-2H3,(H,14,15)/b12-7-. The molecule has 0 unspecified atom stereocenters. The van der Waals surface area contributed by atoms with Crippen LogP contribution in [0.4, 0.5) is 5.69 Å². The SMILES string of the molecule is C/C(=N/Nc1cccc(C)c1Br)C(=O)O. The third kappa shape index (κ3) is 3.06. The predicted octanol–water partition coefficient (Wildman–Crippen LogP) is 2.63. The van der Waals surface area contributed by atoms with Crippen LogP contribution in [0.5, 0.6) is 0 Å². The topological polar surface area (TPSA) is 61.7 Å². The molecule has 0 spiro atoms. The van der Waals surface area contributed by atoms with Crippen molar-refractivity contribution in [2.45, 2.75) is 13.8 Å². The van der Waals surface area contributed by atoms with Crippen LogP contribution in [0.25, 0.3) is 0 Å². The van der Waals surface area contributed by atoms with E-state index in [-0.39, 0.29) is 5.71 Å². The Balaban J connectivity index is 2.87. The molecule has 0 bridgehead atoms. The predicted molar refractivity (Wildman–Crippen MR) is 63.2 cm³/mol. The van der Waals surface area contributed by atoms with Gasteiger partial charge in [0.05, 0.1) is 5.69 Å². The lowest BCUT2D eigenvalue weighted by atomic mass is 10.2. The van der Waals surface area contributed by atoms with Crippen molar-refractivity contribution >= 4 is 33.3 Å². The number of hydrazone groups is 1. The number of aliphatic carboxylic acids is 1. The second-order valence-corrected chi connectivity index (χ2v) is 3.84. The first-order valence-electron chi connectivity index (χ1n) is 4.31. The minimum Gasteiger partial charge on any atom is -0.477 e. The third-order valence-electron chi connectivity index (χ3n) is 1.85. The molecule has 0 heterocycles. The molecule has 5 heteroatoms. The fourth-order valence-electron chi connectivity index (χ4n) is 0.926. The lowest BCUT2D eigenvalue weighted by Gasteiger charge is -2.05. The Morgan fingerprint density at radius 1 is 1.53 bits per heavy atom. The summed E-state index contributed by atoms with van der Waals surface area (Å²) in [5.41, 5.74) is 4.52. The second kappa shape index (κ2) is 4.93. The summed E-state index contributed by atoms with van der Waals surface area (Å²) in [6.45, 7) is 3.38. The zero-order chi connectivity index (χ0) is 11.4. The van der Waals surface area contributed by atoms with Gasteiger partial charge < -0.3 is 5.11 Å². The number of nitrogens with zero attached hydrogens (tertiary/aromatic N) is 1. The van der Waals surface area contributed by atoms with E-state index in [1.807, 2.05) is 25.1 Å². The van der Waals surface area contributed by atoms with Gasteiger partial charge >= 0.3 is 5.97 Å². The van der Waals surface area contributed by atoms with Crippen molar-refractivity contribution in [2.24, 2.45) is 5.10 Å². The van der Waals surface area contributed by atoms with Crippen molar-refractivity contribution in [3.63, 3.8) is 0 Å². The van der Waals surface area contributed by atoms with Crippen LogP contribution in [-0.2, 0) is 4.79 Å². The molecule has 0 aliphatic heterocycles. The molecular weight excluding hydrogens is 260 g/mol. The van der Waals surface area contributed by atoms with E-state index < -0.39 is 5.97 Å². The number of carboxylic acids is 1. The Bertz CT molecular complexity index is 416. The van der Waals surface area contributed by atoms with Gasteiger partial charge in [0, 0.05) is 4.47 Å². The number of aryl methyl sites for hydroxylation is 1. The van der Waals surface area contributed by atoms with E-state index in [1.54, 1.807) is 0 Å². The van der Waals surface area contributed by atoms with Gasteiger partial charge in [-0.3, -0.25) is 5.43 Å². The number of benzene rings is 1. The Kier molecular flexibility index (Phi) is 3.85. The Hall–Kier alpha value is -1.36. The van der Waals surface area contributed by atoms with Crippen molar-refractivity contribution < 1.29 is 9.90 Å². The van der Waals surface area contributed by atoms with Crippen LogP contribution in [0.15, 0.2) is 27.8 Å². The molecule has 0 saturated heterocycles. The molecule has 4 nitrogen and oxygen atoms in total. The molecule has 1 rings (SSSR count). The zero-order valence-electron chi connectivity index (χ0n) is 8.41. The van der Waals surface area contributed by atoms with Crippen LogP contribution in [0.3, 0.4) is 0 Å². The van der Waals surface area contributed by atoms with E-state index in [4.69, 9.17) is 5.11 Å². The Morgan fingerprint density at radius 3 is 2.80 bits per heavy atom. The summed E-state index contributed by atoms with van der Waals surface area (Å²) in [5, 5.41) is 12.3. The van der Waals surface area contributed by atoms with Gasteiger partial charge in [-0.15, -0.1) is 0 Å². The number of hydrogen-bond acceptors (Lipinski definition) is 3. The number of carbonyl (C=O) groups is 1. The smallest absolute Gasteiger partial charge is 0.351 e.